The van der Waals surface area contributed by atoms with Gasteiger partial charge >= 0.3 is 0 Å². The first-order chi connectivity index (χ1) is 6.99. The molecule has 0 spiro atoms. The predicted octanol–water partition coefficient (Wildman–Crippen LogP) is 0.461. The highest BCUT2D eigenvalue weighted by Gasteiger charge is 2.16. The molecule has 0 heterocycles. The Balaban J connectivity index is 3.84. The van der Waals surface area contributed by atoms with Crippen LogP contribution in [0.1, 0.15) is 26.7 Å². The second-order valence-electron chi connectivity index (χ2n) is 4.41. The first kappa shape index (κ1) is 14.4. The van der Waals surface area contributed by atoms with Gasteiger partial charge in [-0.25, -0.2) is 0 Å². The minimum absolute atomic E-state index is 0.0246. The van der Waals surface area contributed by atoms with Crippen LogP contribution in [0, 0.1) is 5.92 Å². The lowest BCUT2D eigenvalue weighted by Crippen LogP contribution is -2.43. The van der Waals surface area contributed by atoms with Gasteiger partial charge in [0.2, 0.25) is 5.91 Å². The first-order valence-electron chi connectivity index (χ1n) is 5.53. The number of hydrogen-bond donors (Lipinski definition) is 2. The van der Waals surface area contributed by atoms with E-state index in [0.717, 1.165) is 0 Å². The largest absolute Gasteiger partial charge is 0.396 e. The highest BCUT2D eigenvalue weighted by atomic mass is 16.3. The highest BCUT2D eigenvalue weighted by molar-refractivity contribution is 5.75. The Kier molecular flexibility index (Phi) is 7.34. The molecular formula is C11H24N2O2. The van der Waals surface area contributed by atoms with E-state index in [1.165, 1.54) is 0 Å². The van der Waals surface area contributed by atoms with E-state index < -0.39 is 0 Å². The van der Waals surface area contributed by atoms with Crippen LogP contribution in [0.4, 0.5) is 0 Å². The van der Waals surface area contributed by atoms with Crippen molar-refractivity contribution in [2.45, 2.75) is 32.7 Å². The van der Waals surface area contributed by atoms with E-state index in [9.17, 15) is 4.79 Å². The van der Waals surface area contributed by atoms with Gasteiger partial charge in [0.25, 0.3) is 0 Å². The Bertz CT molecular complexity index is 173. The number of nitrogens with one attached hydrogen (secondary N) is 1. The highest BCUT2D eigenvalue weighted by Crippen LogP contribution is 2.05. The van der Waals surface area contributed by atoms with Crippen LogP contribution in [0.5, 0.6) is 0 Å². The molecule has 1 unspecified atom stereocenters. The molecule has 0 radical (unpaired) electrons. The minimum Gasteiger partial charge on any atom is -0.396 e. The normalized spacial score (nSPS) is 13.3. The molecule has 0 fully saturated rings. The minimum atomic E-state index is 0.0246. The molecule has 1 atom stereocenters. The third-order valence-corrected chi connectivity index (χ3v) is 2.50. The average molecular weight is 216 g/mol. The van der Waals surface area contributed by atoms with Crippen LogP contribution >= 0.6 is 0 Å². The number of carbonyl (C=O) groups excluding carboxylic acids is 1. The smallest absolute Gasteiger partial charge is 0.220 e. The summed E-state index contributed by atoms with van der Waals surface area (Å²) in [5.41, 5.74) is 0. The molecule has 0 aromatic heterocycles. The van der Waals surface area contributed by atoms with Crippen LogP contribution in [0.25, 0.3) is 0 Å². The van der Waals surface area contributed by atoms with Crippen LogP contribution < -0.4 is 5.32 Å². The van der Waals surface area contributed by atoms with Gasteiger partial charge in [0.05, 0.1) is 0 Å². The molecule has 0 aliphatic rings. The molecule has 0 aromatic rings. The number of aliphatic hydroxyl groups is 1. The maximum absolute atomic E-state index is 11.3. The molecule has 2 N–H and O–H groups in total. The Morgan fingerprint density at radius 2 is 2.00 bits per heavy atom. The van der Waals surface area contributed by atoms with E-state index in [4.69, 9.17) is 5.11 Å². The fraction of sp³-hybridized carbons (Fsp3) is 0.909. The molecule has 90 valence electrons. The van der Waals surface area contributed by atoms with Crippen molar-refractivity contribution in [3.05, 3.63) is 0 Å². The van der Waals surface area contributed by atoms with Crippen molar-refractivity contribution in [1.29, 1.82) is 0 Å². The summed E-state index contributed by atoms with van der Waals surface area (Å²) in [6.07, 6.45) is 0.953. The topological polar surface area (TPSA) is 52.6 Å². The lowest BCUT2D eigenvalue weighted by molar-refractivity contribution is -0.121. The Labute approximate surface area is 92.7 Å². The summed E-state index contributed by atoms with van der Waals surface area (Å²) in [5.74, 6) is 0.537. The van der Waals surface area contributed by atoms with Crippen molar-refractivity contribution >= 4 is 5.91 Å². The number of amides is 1. The molecule has 0 aliphatic heterocycles. The van der Waals surface area contributed by atoms with E-state index in [1.54, 1.807) is 0 Å². The average Bonchev–Trinajstić information content (AvgIpc) is 2.13. The zero-order valence-corrected chi connectivity index (χ0v) is 10.3. The molecule has 0 aromatic carbocycles. The summed E-state index contributed by atoms with van der Waals surface area (Å²) >= 11 is 0. The van der Waals surface area contributed by atoms with Gasteiger partial charge in [-0.2, -0.15) is 0 Å². The van der Waals surface area contributed by atoms with Gasteiger partial charge in [-0.05, 0) is 26.4 Å². The van der Waals surface area contributed by atoms with E-state index in [1.807, 2.05) is 14.1 Å². The van der Waals surface area contributed by atoms with Crippen molar-refractivity contribution in [3.8, 4) is 0 Å². The predicted molar refractivity (Wildman–Crippen MR) is 61.6 cm³/mol. The van der Waals surface area contributed by atoms with Gasteiger partial charge in [-0.15, -0.1) is 0 Å². The molecule has 4 heteroatoms. The summed E-state index contributed by atoms with van der Waals surface area (Å²) in [6, 6.07) is 0.364. The summed E-state index contributed by atoms with van der Waals surface area (Å²) in [5, 5.41) is 11.5. The fourth-order valence-electron chi connectivity index (χ4n) is 1.56. The second kappa shape index (κ2) is 7.65. The molecule has 0 saturated carbocycles. The SMILES string of the molecule is CC(C)C(CNC(=O)CCCO)N(C)C. The number of rotatable bonds is 7. The molecular weight excluding hydrogens is 192 g/mol. The quantitative estimate of drug-likeness (QED) is 0.650. The van der Waals surface area contributed by atoms with Gasteiger partial charge < -0.3 is 15.3 Å². The molecule has 0 aliphatic carbocycles. The zero-order valence-electron chi connectivity index (χ0n) is 10.3. The maximum atomic E-state index is 11.3. The zero-order chi connectivity index (χ0) is 11.8. The Hall–Kier alpha value is -0.610. The van der Waals surface area contributed by atoms with Gasteiger partial charge in [-0.3, -0.25) is 4.79 Å². The lowest BCUT2D eigenvalue weighted by Gasteiger charge is -2.28. The number of carbonyl (C=O) groups is 1. The summed E-state index contributed by atoms with van der Waals surface area (Å²) in [7, 11) is 4.04. The Morgan fingerprint density at radius 3 is 2.40 bits per heavy atom. The van der Waals surface area contributed by atoms with E-state index in [-0.39, 0.29) is 12.5 Å². The fourth-order valence-corrected chi connectivity index (χ4v) is 1.56. The van der Waals surface area contributed by atoms with Gasteiger partial charge in [0.1, 0.15) is 0 Å². The maximum Gasteiger partial charge on any atom is 0.220 e. The summed E-state index contributed by atoms with van der Waals surface area (Å²) in [4.78, 5) is 13.4. The number of hydrogen-bond acceptors (Lipinski definition) is 3. The number of aliphatic hydroxyl groups excluding tert-OH is 1. The summed E-state index contributed by atoms with van der Waals surface area (Å²) in [6.45, 7) is 5.04. The van der Waals surface area contributed by atoms with E-state index in [2.05, 4.69) is 24.1 Å². The van der Waals surface area contributed by atoms with Crippen molar-refractivity contribution < 1.29 is 9.90 Å². The third-order valence-electron chi connectivity index (χ3n) is 2.50. The van der Waals surface area contributed by atoms with Gasteiger partial charge in [-0.1, -0.05) is 13.8 Å². The van der Waals surface area contributed by atoms with Crippen molar-refractivity contribution in [1.82, 2.24) is 10.2 Å². The third kappa shape index (κ3) is 6.47. The first-order valence-corrected chi connectivity index (χ1v) is 5.53. The molecule has 0 bridgehead atoms. The Morgan fingerprint density at radius 1 is 1.40 bits per heavy atom. The number of nitrogens with zero attached hydrogens (tertiary/aromatic N) is 1. The van der Waals surface area contributed by atoms with Crippen LogP contribution in [-0.4, -0.2) is 49.2 Å². The van der Waals surface area contributed by atoms with Crippen LogP contribution in [0.15, 0.2) is 0 Å². The molecule has 0 saturated heterocycles. The molecule has 15 heavy (non-hydrogen) atoms. The molecule has 0 rings (SSSR count). The van der Waals surface area contributed by atoms with Crippen LogP contribution in [-0.2, 0) is 4.79 Å². The van der Waals surface area contributed by atoms with Gasteiger partial charge in [0, 0.05) is 25.6 Å². The monoisotopic (exact) mass is 216 g/mol. The van der Waals surface area contributed by atoms with E-state index >= 15 is 0 Å². The van der Waals surface area contributed by atoms with Crippen LogP contribution in [0.2, 0.25) is 0 Å². The molecule has 1 amide bonds. The lowest BCUT2D eigenvalue weighted by atomic mass is 10.0. The van der Waals surface area contributed by atoms with Gasteiger partial charge in [0.15, 0.2) is 0 Å². The summed E-state index contributed by atoms with van der Waals surface area (Å²) < 4.78 is 0. The van der Waals surface area contributed by atoms with Crippen molar-refractivity contribution in [2.75, 3.05) is 27.2 Å². The second-order valence-corrected chi connectivity index (χ2v) is 4.41. The van der Waals surface area contributed by atoms with E-state index in [0.29, 0.717) is 31.3 Å². The van der Waals surface area contributed by atoms with Crippen molar-refractivity contribution in [3.63, 3.8) is 0 Å². The van der Waals surface area contributed by atoms with Crippen molar-refractivity contribution in [2.24, 2.45) is 5.92 Å². The standard InChI is InChI=1S/C11H24N2O2/c1-9(2)10(13(3)4)8-12-11(15)6-5-7-14/h9-10,14H,5-8H2,1-4H3,(H,12,15). The molecule has 4 nitrogen and oxygen atoms in total. The van der Waals surface area contributed by atoms with Crippen LogP contribution in [0.3, 0.4) is 0 Å². The number of likely N-dealkylation sites (N-methyl/N-ethyl adjacent to an activating group) is 1.